The Balaban J connectivity index is 1.52. The summed E-state index contributed by atoms with van der Waals surface area (Å²) < 4.78 is 28.7. The summed E-state index contributed by atoms with van der Waals surface area (Å²) in [6.07, 6.45) is 3.35. The van der Waals surface area contributed by atoms with Crippen molar-refractivity contribution in [1.29, 1.82) is 0 Å². The molecule has 29 heavy (non-hydrogen) atoms. The normalized spacial score (nSPS) is 14.8. The number of nitrogens with zero attached hydrogens (tertiary/aromatic N) is 3. The molecule has 150 valence electrons. The predicted molar refractivity (Wildman–Crippen MR) is 110 cm³/mol. The smallest absolute Gasteiger partial charge is 0.256 e. The van der Waals surface area contributed by atoms with Gasteiger partial charge in [0.15, 0.2) is 0 Å². The minimum absolute atomic E-state index is 0.143. The second-order valence-electron chi connectivity index (χ2n) is 6.95. The van der Waals surface area contributed by atoms with Crippen molar-refractivity contribution in [3.05, 3.63) is 78.0 Å². The number of sulfonamides is 1. The number of anilines is 1. The molecule has 7 nitrogen and oxygen atoms in total. The van der Waals surface area contributed by atoms with Crippen LogP contribution in [0.4, 0.5) is 5.82 Å². The number of benzene rings is 2. The van der Waals surface area contributed by atoms with Crippen LogP contribution >= 0.6 is 0 Å². The third-order valence-electron chi connectivity index (χ3n) is 4.93. The monoisotopic (exact) mass is 410 g/mol. The molecule has 1 fully saturated rings. The first-order valence-electron chi connectivity index (χ1n) is 9.51. The third kappa shape index (κ3) is 4.23. The van der Waals surface area contributed by atoms with Crippen molar-refractivity contribution in [2.75, 3.05) is 18.4 Å². The van der Waals surface area contributed by atoms with Crippen LogP contribution < -0.4 is 5.32 Å². The summed E-state index contributed by atoms with van der Waals surface area (Å²) in [4.78, 5) is 12.9. The summed E-state index contributed by atoms with van der Waals surface area (Å²) in [6.45, 7) is 1.57. The first-order chi connectivity index (χ1) is 14.0. The summed E-state index contributed by atoms with van der Waals surface area (Å²) in [6, 6.07) is 17.7. The maximum atomic E-state index is 12.8. The molecule has 1 aromatic heterocycles. The van der Waals surface area contributed by atoms with Crippen LogP contribution in [0, 0.1) is 0 Å². The average molecular weight is 410 g/mol. The Morgan fingerprint density at radius 3 is 2.52 bits per heavy atom. The molecule has 1 amide bonds. The minimum atomic E-state index is -3.57. The maximum Gasteiger partial charge on any atom is 0.256 e. The van der Waals surface area contributed by atoms with Crippen LogP contribution in [0.2, 0.25) is 0 Å². The van der Waals surface area contributed by atoms with Gasteiger partial charge in [-0.3, -0.25) is 4.79 Å². The van der Waals surface area contributed by atoms with Crippen LogP contribution in [0.15, 0.2) is 71.8 Å². The number of nitrogens with one attached hydrogen (secondary N) is 1. The topological polar surface area (TPSA) is 84.3 Å². The van der Waals surface area contributed by atoms with E-state index >= 15 is 0 Å². The molecule has 0 spiro atoms. The van der Waals surface area contributed by atoms with E-state index in [9.17, 15) is 13.2 Å². The highest BCUT2D eigenvalue weighted by Crippen LogP contribution is 2.22. The van der Waals surface area contributed by atoms with Crippen LogP contribution in [-0.4, -0.2) is 41.5 Å². The quantitative estimate of drug-likeness (QED) is 0.677. The molecule has 8 heteroatoms. The highest BCUT2D eigenvalue weighted by atomic mass is 32.2. The van der Waals surface area contributed by atoms with Crippen molar-refractivity contribution >= 4 is 21.7 Å². The van der Waals surface area contributed by atoms with Gasteiger partial charge in [0.1, 0.15) is 5.82 Å². The van der Waals surface area contributed by atoms with E-state index in [0.717, 1.165) is 18.4 Å². The van der Waals surface area contributed by atoms with Crippen molar-refractivity contribution in [2.45, 2.75) is 24.3 Å². The fourth-order valence-corrected chi connectivity index (χ4v) is 4.95. The van der Waals surface area contributed by atoms with Crippen molar-refractivity contribution in [1.82, 2.24) is 14.1 Å². The van der Waals surface area contributed by atoms with Gasteiger partial charge < -0.3 is 5.32 Å². The van der Waals surface area contributed by atoms with E-state index in [1.165, 1.54) is 16.4 Å². The minimum Gasteiger partial charge on any atom is -0.307 e. The lowest BCUT2D eigenvalue weighted by atomic mass is 10.2. The van der Waals surface area contributed by atoms with E-state index in [1.54, 1.807) is 29.1 Å². The maximum absolute atomic E-state index is 12.8. The summed E-state index contributed by atoms with van der Waals surface area (Å²) in [5.74, 6) is 0.171. The predicted octanol–water partition coefficient (Wildman–Crippen LogP) is 2.97. The Labute approximate surface area is 170 Å². The SMILES string of the molecule is O=C(Nc1ccnn1Cc1ccccc1)c1cccc(S(=O)(=O)N2CCCC2)c1. The number of carbonyl (C=O) groups excluding carboxylic acids is 1. The zero-order valence-corrected chi connectivity index (χ0v) is 16.7. The number of carbonyl (C=O) groups is 1. The Kier molecular flexibility index (Phi) is 5.46. The second-order valence-corrected chi connectivity index (χ2v) is 8.89. The summed E-state index contributed by atoms with van der Waals surface area (Å²) in [5, 5.41) is 7.10. The lowest BCUT2D eigenvalue weighted by Crippen LogP contribution is -2.28. The van der Waals surface area contributed by atoms with Crippen LogP contribution in [-0.2, 0) is 16.6 Å². The third-order valence-corrected chi connectivity index (χ3v) is 6.83. The molecule has 1 aliphatic rings. The fraction of sp³-hybridized carbons (Fsp3) is 0.238. The van der Waals surface area contributed by atoms with Gasteiger partial charge in [0, 0.05) is 24.7 Å². The lowest BCUT2D eigenvalue weighted by Gasteiger charge is -2.16. The van der Waals surface area contributed by atoms with Crippen LogP contribution in [0.1, 0.15) is 28.8 Å². The largest absolute Gasteiger partial charge is 0.307 e. The summed E-state index contributed by atoms with van der Waals surface area (Å²) in [7, 11) is -3.57. The molecule has 0 radical (unpaired) electrons. The van der Waals surface area contributed by atoms with Crippen LogP contribution in [0.25, 0.3) is 0 Å². The summed E-state index contributed by atoms with van der Waals surface area (Å²) in [5.41, 5.74) is 1.35. The first kappa shape index (κ1) is 19.4. The molecule has 2 aromatic carbocycles. The Morgan fingerprint density at radius 1 is 1.00 bits per heavy atom. The van der Waals surface area contributed by atoms with Gasteiger partial charge in [-0.15, -0.1) is 0 Å². The van der Waals surface area contributed by atoms with Crippen molar-refractivity contribution in [2.24, 2.45) is 0 Å². The number of hydrogen-bond donors (Lipinski definition) is 1. The molecule has 2 heterocycles. The lowest BCUT2D eigenvalue weighted by molar-refractivity contribution is 0.102. The second kappa shape index (κ2) is 8.18. The highest BCUT2D eigenvalue weighted by Gasteiger charge is 2.27. The van der Waals surface area contributed by atoms with Crippen molar-refractivity contribution in [3.63, 3.8) is 0 Å². The van der Waals surface area contributed by atoms with Gasteiger partial charge in [-0.25, -0.2) is 13.1 Å². The van der Waals surface area contributed by atoms with E-state index in [2.05, 4.69) is 10.4 Å². The molecule has 0 unspecified atom stereocenters. The molecule has 1 saturated heterocycles. The van der Waals surface area contributed by atoms with Gasteiger partial charge in [0.2, 0.25) is 10.0 Å². The molecule has 1 aliphatic heterocycles. The zero-order valence-electron chi connectivity index (χ0n) is 15.9. The zero-order chi connectivity index (χ0) is 20.3. The number of aromatic nitrogens is 2. The van der Waals surface area contributed by atoms with Crippen LogP contribution in [0.5, 0.6) is 0 Å². The Morgan fingerprint density at radius 2 is 1.76 bits per heavy atom. The van der Waals surface area contributed by atoms with Gasteiger partial charge in [-0.2, -0.15) is 9.40 Å². The van der Waals surface area contributed by atoms with E-state index in [4.69, 9.17) is 0 Å². The van der Waals surface area contributed by atoms with Crippen molar-refractivity contribution < 1.29 is 13.2 Å². The van der Waals surface area contributed by atoms with Gasteiger partial charge in [-0.05, 0) is 36.6 Å². The van der Waals surface area contributed by atoms with E-state index in [-0.39, 0.29) is 16.4 Å². The molecule has 3 aromatic rings. The molecule has 1 N–H and O–H groups in total. The molecule has 0 bridgehead atoms. The average Bonchev–Trinajstić information content (AvgIpc) is 3.42. The van der Waals surface area contributed by atoms with Gasteiger partial charge in [-0.1, -0.05) is 36.4 Å². The number of amides is 1. The Hall–Kier alpha value is -2.97. The van der Waals surface area contributed by atoms with E-state index in [0.29, 0.717) is 25.5 Å². The standard InChI is InChI=1S/C21H22N4O3S/c26-21(23-20-11-12-22-25(20)16-17-7-2-1-3-8-17)18-9-6-10-19(15-18)29(27,28)24-13-4-5-14-24/h1-3,6-12,15H,4-5,13-14,16H2,(H,23,26). The molecule has 4 rings (SSSR count). The van der Waals surface area contributed by atoms with Crippen LogP contribution in [0.3, 0.4) is 0 Å². The summed E-state index contributed by atoms with van der Waals surface area (Å²) >= 11 is 0. The molecule has 0 aliphatic carbocycles. The van der Waals surface area contributed by atoms with Gasteiger partial charge in [0.25, 0.3) is 5.91 Å². The molecular weight excluding hydrogens is 388 g/mol. The molecule has 0 atom stereocenters. The highest BCUT2D eigenvalue weighted by molar-refractivity contribution is 7.89. The Bertz CT molecular complexity index is 1100. The molecular formula is C21H22N4O3S. The van der Waals surface area contributed by atoms with Gasteiger partial charge >= 0.3 is 0 Å². The number of rotatable bonds is 6. The number of hydrogen-bond acceptors (Lipinski definition) is 4. The van der Waals surface area contributed by atoms with E-state index < -0.39 is 10.0 Å². The van der Waals surface area contributed by atoms with Gasteiger partial charge in [0.05, 0.1) is 17.6 Å². The molecule has 0 saturated carbocycles. The van der Waals surface area contributed by atoms with Crippen molar-refractivity contribution in [3.8, 4) is 0 Å². The first-order valence-corrected chi connectivity index (χ1v) is 11.0. The fourth-order valence-electron chi connectivity index (χ4n) is 3.39. The van der Waals surface area contributed by atoms with E-state index in [1.807, 2.05) is 30.3 Å².